The van der Waals surface area contributed by atoms with Crippen molar-refractivity contribution in [2.45, 2.75) is 13.0 Å². The maximum atomic E-state index is 13.5. The zero-order valence-electron chi connectivity index (χ0n) is 14.0. The van der Waals surface area contributed by atoms with Crippen molar-refractivity contribution in [3.05, 3.63) is 75.8 Å². The van der Waals surface area contributed by atoms with Gasteiger partial charge < -0.3 is 4.90 Å². The number of hydrogen-bond acceptors (Lipinski definition) is 3. The fourth-order valence-corrected chi connectivity index (χ4v) is 3.70. The quantitative estimate of drug-likeness (QED) is 0.581. The summed E-state index contributed by atoms with van der Waals surface area (Å²) in [6.07, 6.45) is 1.50. The molecule has 3 nitrogen and oxygen atoms in total. The zero-order valence-corrected chi connectivity index (χ0v) is 15.6. The third-order valence-electron chi connectivity index (χ3n) is 4.15. The molecule has 0 saturated carbocycles. The predicted molar refractivity (Wildman–Crippen MR) is 99.4 cm³/mol. The largest absolute Gasteiger partial charge is 0.334 e. The van der Waals surface area contributed by atoms with Gasteiger partial charge in [-0.2, -0.15) is 0 Å². The van der Waals surface area contributed by atoms with Gasteiger partial charge in [-0.1, -0.05) is 35.9 Å². The molecule has 0 spiro atoms. The molecule has 0 aliphatic carbocycles. The summed E-state index contributed by atoms with van der Waals surface area (Å²) in [5.74, 6) is -2.10. The van der Waals surface area contributed by atoms with E-state index in [0.29, 0.717) is 20.5 Å². The number of nitrogens with zero attached hydrogens (tertiary/aromatic N) is 2. The third kappa shape index (κ3) is 3.61. The summed E-state index contributed by atoms with van der Waals surface area (Å²) < 4.78 is 26.6. The second-order valence-electron chi connectivity index (χ2n) is 5.78. The van der Waals surface area contributed by atoms with Gasteiger partial charge in [-0.25, -0.2) is 13.8 Å². The first-order valence-electron chi connectivity index (χ1n) is 7.81. The van der Waals surface area contributed by atoms with Crippen LogP contribution in [0.3, 0.4) is 0 Å². The Hall–Kier alpha value is -2.31. The lowest BCUT2D eigenvalue weighted by Gasteiger charge is -2.24. The van der Waals surface area contributed by atoms with E-state index in [2.05, 4.69) is 4.98 Å². The molecular formula is C19H15ClF2N2OS. The molecule has 134 valence electrons. The third-order valence-corrected chi connectivity index (χ3v) is 5.50. The van der Waals surface area contributed by atoms with Gasteiger partial charge in [0.15, 0.2) is 11.6 Å². The summed E-state index contributed by atoms with van der Waals surface area (Å²) in [5.41, 5.74) is 1.27. The van der Waals surface area contributed by atoms with Gasteiger partial charge in [-0.05, 0) is 30.7 Å². The SMILES string of the molecule is CC(c1ccc(F)c(F)c1)N(C)C(=O)c1cnc(-c2ccccc2Cl)s1. The maximum absolute atomic E-state index is 13.5. The molecular weight excluding hydrogens is 378 g/mol. The topological polar surface area (TPSA) is 33.2 Å². The number of hydrogen-bond donors (Lipinski definition) is 0. The summed E-state index contributed by atoms with van der Waals surface area (Å²) in [6, 6.07) is 10.5. The summed E-state index contributed by atoms with van der Waals surface area (Å²) in [7, 11) is 1.61. The second kappa shape index (κ2) is 7.51. The summed E-state index contributed by atoms with van der Waals surface area (Å²) in [5, 5.41) is 1.21. The molecule has 1 unspecified atom stereocenters. The van der Waals surface area contributed by atoms with E-state index in [1.54, 1.807) is 20.0 Å². The molecule has 3 rings (SSSR count). The Labute approximate surface area is 158 Å². The molecule has 1 aromatic heterocycles. The molecule has 0 N–H and O–H groups in total. The van der Waals surface area contributed by atoms with E-state index in [4.69, 9.17) is 11.6 Å². The van der Waals surface area contributed by atoms with Gasteiger partial charge in [0.25, 0.3) is 5.91 Å². The van der Waals surface area contributed by atoms with Gasteiger partial charge in [-0.15, -0.1) is 11.3 Å². The Bertz CT molecular complexity index is 960. The summed E-state index contributed by atoms with van der Waals surface area (Å²) in [6.45, 7) is 1.75. The second-order valence-corrected chi connectivity index (χ2v) is 7.21. The lowest BCUT2D eigenvalue weighted by molar-refractivity contribution is 0.0747. The van der Waals surface area contributed by atoms with Crippen LogP contribution >= 0.6 is 22.9 Å². The average Bonchev–Trinajstić information content (AvgIpc) is 3.12. The van der Waals surface area contributed by atoms with E-state index >= 15 is 0 Å². The molecule has 0 bridgehead atoms. The van der Waals surface area contributed by atoms with Crippen molar-refractivity contribution >= 4 is 28.8 Å². The normalized spacial score (nSPS) is 12.0. The van der Waals surface area contributed by atoms with Gasteiger partial charge >= 0.3 is 0 Å². The van der Waals surface area contributed by atoms with Crippen LogP contribution in [-0.2, 0) is 0 Å². The standard InChI is InChI=1S/C19H15ClF2N2OS/c1-11(12-7-8-15(21)16(22)9-12)24(2)19(25)17-10-23-18(26-17)13-5-3-4-6-14(13)20/h3-11H,1-2H3. The maximum Gasteiger partial charge on any atom is 0.265 e. The van der Waals surface area contributed by atoms with Crippen molar-refractivity contribution in [2.75, 3.05) is 7.05 Å². The van der Waals surface area contributed by atoms with Crippen LogP contribution in [0.5, 0.6) is 0 Å². The Kier molecular flexibility index (Phi) is 5.34. The van der Waals surface area contributed by atoms with Gasteiger partial charge in [0.05, 0.1) is 17.3 Å². The Morgan fingerprint density at radius 1 is 1.19 bits per heavy atom. The summed E-state index contributed by atoms with van der Waals surface area (Å²) in [4.78, 5) is 18.9. The van der Waals surface area contributed by atoms with E-state index in [9.17, 15) is 13.6 Å². The fraction of sp³-hybridized carbons (Fsp3) is 0.158. The molecule has 7 heteroatoms. The van der Waals surface area contributed by atoms with E-state index in [1.807, 2.05) is 18.2 Å². The molecule has 1 atom stereocenters. The smallest absolute Gasteiger partial charge is 0.265 e. The Morgan fingerprint density at radius 2 is 1.92 bits per heavy atom. The predicted octanol–water partition coefficient (Wildman–Crippen LogP) is 5.57. The number of amides is 1. The first kappa shape index (κ1) is 18.5. The van der Waals surface area contributed by atoms with Crippen LogP contribution < -0.4 is 0 Å². The van der Waals surface area contributed by atoms with E-state index < -0.39 is 17.7 Å². The fourth-order valence-electron chi connectivity index (χ4n) is 2.48. The van der Waals surface area contributed by atoms with Crippen LogP contribution in [-0.4, -0.2) is 22.8 Å². The van der Waals surface area contributed by atoms with Crippen LogP contribution in [0.2, 0.25) is 5.02 Å². The molecule has 26 heavy (non-hydrogen) atoms. The highest BCUT2D eigenvalue weighted by atomic mass is 35.5. The number of rotatable bonds is 4. The van der Waals surface area contributed by atoms with Crippen molar-refractivity contribution in [2.24, 2.45) is 0 Å². The Morgan fingerprint density at radius 3 is 2.62 bits per heavy atom. The van der Waals surface area contributed by atoms with Gasteiger partial charge in [0.1, 0.15) is 9.88 Å². The monoisotopic (exact) mass is 392 g/mol. The first-order valence-corrected chi connectivity index (χ1v) is 9.00. The van der Waals surface area contributed by atoms with Crippen molar-refractivity contribution in [3.63, 3.8) is 0 Å². The van der Waals surface area contributed by atoms with E-state index in [-0.39, 0.29) is 5.91 Å². The van der Waals surface area contributed by atoms with Gasteiger partial charge in [-0.3, -0.25) is 4.79 Å². The van der Waals surface area contributed by atoms with Crippen molar-refractivity contribution < 1.29 is 13.6 Å². The lowest BCUT2D eigenvalue weighted by atomic mass is 10.1. The number of thiazole rings is 1. The van der Waals surface area contributed by atoms with Gasteiger partial charge in [0.2, 0.25) is 0 Å². The highest BCUT2D eigenvalue weighted by molar-refractivity contribution is 7.17. The molecule has 0 fully saturated rings. The van der Waals surface area contributed by atoms with E-state index in [0.717, 1.165) is 17.7 Å². The molecule has 0 aliphatic rings. The van der Waals surface area contributed by atoms with Crippen molar-refractivity contribution in [3.8, 4) is 10.6 Å². The minimum absolute atomic E-state index is 0.252. The number of halogens is 3. The van der Waals surface area contributed by atoms with Crippen LogP contribution in [0.1, 0.15) is 28.2 Å². The van der Waals surface area contributed by atoms with Crippen LogP contribution in [0, 0.1) is 11.6 Å². The minimum Gasteiger partial charge on any atom is -0.334 e. The molecule has 0 aliphatic heterocycles. The molecule has 0 saturated heterocycles. The number of carbonyl (C=O) groups is 1. The number of aromatic nitrogens is 1. The average molecular weight is 393 g/mol. The van der Waals surface area contributed by atoms with Crippen LogP contribution in [0.25, 0.3) is 10.6 Å². The molecule has 2 aromatic carbocycles. The summed E-state index contributed by atoms with van der Waals surface area (Å²) >= 11 is 7.41. The minimum atomic E-state index is -0.936. The molecule has 0 radical (unpaired) electrons. The van der Waals surface area contributed by atoms with Crippen LogP contribution in [0.4, 0.5) is 8.78 Å². The lowest BCUT2D eigenvalue weighted by Crippen LogP contribution is -2.29. The zero-order chi connectivity index (χ0) is 18.8. The Balaban J connectivity index is 1.82. The molecule has 1 amide bonds. The van der Waals surface area contributed by atoms with Crippen molar-refractivity contribution in [1.82, 2.24) is 9.88 Å². The van der Waals surface area contributed by atoms with E-state index in [1.165, 1.54) is 28.5 Å². The molecule has 1 heterocycles. The first-order chi connectivity index (χ1) is 12.4. The van der Waals surface area contributed by atoms with Crippen molar-refractivity contribution in [1.29, 1.82) is 0 Å². The molecule has 3 aromatic rings. The number of carbonyl (C=O) groups excluding carboxylic acids is 1. The van der Waals surface area contributed by atoms with Gasteiger partial charge in [0, 0.05) is 12.6 Å². The van der Waals surface area contributed by atoms with Crippen LogP contribution in [0.15, 0.2) is 48.7 Å². The highest BCUT2D eigenvalue weighted by Gasteiger charge is 2.22. The number of benzene rings is 2. The highest BCUT2D eigenvalue weighted by Crippen LogP contribution is 2.32.